The fourth-order valence-electron chi connectivity index (χ4n) is 2.85. The maximum atomic E-state index is 11.9. The third kappa shape index (κ3) is 3.87. The first-order chi connectivity index (χ1) is 12.9. The van der Waals surface area contributed by atoms with Crippen LogP contribution in [0, 0.1) is 6.92 Å². The summed E-state index contributed by atoms with van der Waals surface area (Å²) in [5, 5.41) is 16.5. The summed E-state index contributed by atoms with van der Waals surface area (Å²) >= 11 is 0. The Morgan fingerprint density at radius 2 is 2.00 bits per heavy atom. The number of fused-ring (bicyclic) bond motifs is 1. The highest BCUT2D eigenvalue weighted by atomic mass is 16.5. The molecule has 1 heterocycles. The summed E-state index contributed by atoms with van der Waals surface area (Å²) in [4.78, 5) is 23.1. The summed E-state index contributed by atoms with van der Waals surface area (Å²) in [6.45, 7) is 3.50. The van der Waals surface area contributed by atoms with Crippen LogP contribution in [0.15, 0.2) is 45.6 Å². The Kier molecular flexibility index (Phi) is 5.03. The van der Waals surface area contributed by atoms with Crippen molar-refractivity contribution in [1.29, 1.82) is 0 Å². The summed E-state index contributed by atoms with van der Waals surface area (Å²) in [6, 6.07) is 10.0. The molecule has 0 radical (unpaired) electrons. The van der Waals surface area contributed by atoms with Crippen molar-refractivity contribution in [3.05, 3.63) is 57.9 Å². The quantitative estimate of drug-likeness (QED) is 0.597. The van der Waals surface area contributed by atoms with Crippen molar-refractivity contribution in [2.45, 2.75) is 20.4 Å². The van der Waals surface area contributed by atoms with E-state index >= 15 is 0 Å². The van der Waals surface area contributed by atoms with E-state index in [0.717, 1.165) is 16.6 Å². The normalized spacial score (nSPS) is 10.6. The van der Waals surface area contributed by atoms with Crippen LogP contribution >= 0.6 is 0 Å². The molecule has 3 rings (SSSR count). The summed E-state index contributed by atoms with van der Waals surface area (Å²) in [5.74, 6) is 0.414. The van der Waals surface area contributed by atoms with Crippen molar-refractivity contribution in [2.75, 3.05) is 17.7 Å². The van der Waals surface area contributed by atoms with Crippen LogP contribution in [-0.4, -0.2) is 18.1 Å². The molecule has 0 aliphatic rings. The molecule has 1 aromatic heterocycles. The molecule has 0 saturated heterocycles. The van der Waals surface area contributed by atoms with E-state index in [1.54, 1.807) is 37.3 Å². The number of hydrogen-bond acceptors (Lipinski definition) is 6. The zero-order valence-electron chi connectivity index (χ0n) is 15.3. The lowest BCUT2D eigenvalue weighted by Gasteiger charge is -2.13. The van der Waals surface area contributed by atoms with E-state index in [-0.39, 0.29) is 11.7 Å². The van der Waals surface area contributed by atoms with Crippen molar-refractivity contribution >= 4 is 28.3 Å². The molecular formula is C20H20N2O5. The van der Waals surface area contributed by atoms with Crippen LogP contribution < -0.4 is 21.0 Å². The Hall–Kier alpha value is -3.48. The molecule has 0 saturated carbocycles. The van der Waals surface area contributed by atoms with E-state index in [4.69, 9.17) is 9.15 Å². The molecule has 2 aromatic carbocycles. The summed E-state index contributed by atoms with van der Waals surface area (Å²) in [6.07, 6.45) is 0. The highest BCUT2D eigenvalue weighted by Gasteiger charge is 2.11. The minimum Gasteiger partial charge on any atom is -0.508 e. The van der Waals surface area contributed by atoms with Crippen LogP contribution in [0.5, 0.6) is 11.5 Å². The standard InChI is InChI=1S/C20H20N2O5/c1-11-17(24)7-5-15-13(8-19(25)27-20(11)15)10-21-14-4-6-16(22-12(2)23)18(9-14)26-3/h4-9,21,24H,10H2,1-3H3,(H,22,23). The van der Waals surface area contributed by atoms with Gasteiger partial charge in [0.2, 0.25) is 5.91 Å². The lowest BCUT2D eigenvalue weighted by molar-refractivity contribution is -0.114. The Morgan fingerprint density at radius 3 is 2.70 bits per heavy atom. The molecule has 1 amide bonds. The number of ether oxygens (including phenoxy) is 1. The lowest BCUT2D eigenvalue weighted by atomic mass is 10.1. The van der Waals surface area contributed by atoms with Crippen molar-refractivity contribution in [3.8, 4) is 11.5 Å². The number of phenolic OH excluding ortho intramolecular Hbond substituents is 1. The third-order valence-electron chi connectivity index (χ3n) is 4.21. The highest BCUT2D eigenvalue weighted by Crippen LogP contribution is 2.30. The molecule has 140 valence electrons. The van der Waals surface area contributed by atoms with Gasteiger partial charge in [0.25, 0.3) is 0 Å². The molecule has 0 spiro atoms. The lowest BCUT2D eigenvalue weighted by Crippen LogP contribution is -2.08. The van der Waals surface area contributed by atoms with E-state index in [0.29, 0.717) is 29.1 Å². The van der Waals surface area contributed by atoms with Gasteiger partial charge in [-0.3, -0.25) is 4.79 Å². The van der Waals surface area contributed by atoms with Crippen molar-refractivity contribution in [2.24, 2.45) is 0 Å². The first-order valence-corrected chi connectivity index (χ1v) is 8.34. The van der Waals surface area contributed by atoms with Crippen molar-refractivity contribution in [3.63, 3.8) is 0 Å². The number of methoxy groups -OCH3 is 1. The average Bonchev–Trinajstić information content (AvgIpc) is 2.63. The number of aryl methyl sites for hydroxylation is 1. The topological polar surface area (TPSA) is 101 Å². The van der Waals surface area contributed by atoms with Crippen LogP contribution in [-0.2, 0) is 11.3 Å². The zero-order chi connectivity index (χ0) is 19.6. The molecule has 3 aromatic rings. The first kappa shape index (κ1) is 18.3. The van der Waals surface area contributed by atoms with E-state index in [9.17, 15) is 14.7 Å². The second kappa shape index (κ2) is 7.41. The summed E-state index contributed by atoms with van der Waals surface area (Å²) < 4.78 is 10.6. The van der Waals surface area contributed by atoms with Crippen molar-refractivity contribution in [1.82, 2.24) is 0 Å². The van der Waals surface area contributed by atoms with Gasteiger partial charge >= 0.3 is 5.63 Å². The Bertz CT molecular complexity index is 1070. The van der Waals surface area contributed by atoms with E-state index in [2.05, 4.69) is 10.6 Å². The SMILES string of the molecule is COc1cc(NCc2cc(=O)oc3c(C)c(O)ccc23)ccc1NC(C)=O. The van der Waals surface area contributed by atoms with E-state index < -0.39 is 5.63 Å². The van der Waals surface area contributed by atoms with Gasteiger partial charge < -0.3 is 24.9 Å². The van der Waals surface area contributed by atoms with Crippen LogP contribution in [0.2, 0.25) is 0 Å². The van der Waals surface area contributed by atoms with Gasteiger partial charge in [0.15, 0.2) is 0 Å². The number of amides is 1. The van der Waals surface area contributed by atoms with Crippen LogP contribution in [0.4, 0.5) is 11.4 Å². The Labute approximate surface area is 155 Å². The summed E-state index contributed by atoms with van der Waals surface area (Å²) in [5.41, 5.74) is 2.50. The minimum atomic E-state index is -0.480. The number of carbonyl (C=O) groups excluding carboxylic acids is 1. The Morgan fingerprint density at radius 1 is 1.22 bits per heavy atom. The average molecular weight is 368 g/mol. The van der Waals surface area contributed by atoms with Gasteiger partial charge in [-0.15, -0.1) is 0 Å². The maximum absolute atomic E-state index is 11.9. The van der Waals surface area contributed by atoms with Crippen LogP contribution in [0.1, 0.15) is 18.1 Å². The first-order valence-electron chi connectivity index (χ1n) is 8.34. The molecule has 7 nitrogen and oxygen atoms in total. The molecular weight excluding hydrogens is 348 g/mol. The maximum Gasteiger partial charge on any atom is 0.336 e. The van der Waals surface area contributed by atoms with Gasteiger partial charge in [-0.1, -0.05) is 0 Å². The second-order valence-corrected chi connectivity index (χ2v) is 6.13. The van der Waals surface area contributed by atoms with Gasteiger partial charge in [0.05, 0.1) is 12.8 Å². The van der Waals surface area contributed by atoms with E-state index in [1.807, 2.05) is 0 Å². The smallest absolute Gasteiger partial charge is 0.336 e. The number of phenols is 1. The van der Waals surface area contributed by atoms with Crippen LogP contribution in [0.3, 0.4) is 0 Å². The number of carbonyl (C=O) groups is 1. The Balaban J connectivity index is 1.90. The number of hydrogen-bond donors (Lipinski definition) is 3. The van der Waals surface area contributed by atoms with Crippen LogP contribution in [0.25, 0.3) is 11.0 Å². The number of anilines is 2. The highest BCUT2D eigenvalue weighted by molar-refractivity contribution is 5.91. The predicted octanol–water partition coefficient (Wildman–Crippen LogP) is 3.39. The molecule has 0 aliphatic heterocycles. The third-order valence-corrected chi connectivity index (χ3v) is 4.21. The monoisotopic (exact) mass is 368 g/mol. The van der Waals surface area contributed by atoms with Crippen molar-refractivity contribution < 1.29 is 19.1 Å². The van der Waals surface area contributed by atoms with Gasteiger partial charge in [-0.25, -0.2) is 4.79 Å². The second-order valence-electron chi connectivity index (χ2n) is 6.13. The summed E-state index contributed by atoms with van der Waals surface area (Å²) in [7, 11) is 1.52. The minimum absolute atomic E-state index is 0.0778. The zero-order valence-corrected chi connectivity index (χ0v) is 15.3. The number of benzene rings is 2. The number of nitrogens with one attached hydrogen (secondary N) is 2. The number of rotatable bonds is 5. The van der Waals surface area contributed by atoms with Gasteiger partial charge in [-0.05, 0) is 36.8 Å². The molecule has 0 atom stereocenters. The molecule has 0 aliphatic carbocycles. The molecule has 27 heavy (non-hydrogen) atoms. The van der Waals surface area contributed by atoms with Gasteiger partial charge in [-0.2, -0.15) is 0 Å². The largest absolute Gasteiger partial charge is 0.508 e. The predicted molar refractivity (Wildman–Crippen MR) is 104 cm³/mol. The molecule has 0 unspecified atom stereocenters. The number of aromatic hydroxyl groups is 1. The van der Waals surface area contributed by atoms with Gasteiger partial charge in [0, 0.05) is 42.2 Å². The molecule has 7 heteroatoms. The molecule has 0 bridgehead atoms. The molecule has 3 N–H and O–H groups in total. The van der Waals surface area contributed by atoms with Gasteiger partial charge in [0.1, 0.15) is 17.1 Å². The molecule has 0 fully saturated rings. The fraction of sp³-hybridized carbons (Fsp3) is 0.200. The van der Waals surface area contributed by atoms with E-state index in [1.165, 1.54) is 20.1 Å². The fourth-order valence-corrected chi connectivity index (χ4v) is 2.85.